The van der Waals surface area contributed by atoms with Crippen LogP contribution in [0, 0.1) is 0 Å². The minimum absolute atomic E-state index is 0.139. The largest absolute Gasteiger partial charge is 0.378 e. The molecule has 1 unspecified atom stereocenters. The van der Waals surface area contributed by atoms with Crippen LogP contribution in [-0.2, 0) is 16.1 Å². The second-order valence-electron chi connectivity index (χ2n) is 6.84. The lowest BCUT2D eigenvalue weighted by atomic mass is 10.2. The van der Waals surface area contributed by atoms with E-state index in [1.54, 1.807) is 0 Å². The fourth-order valence-corrected chi connectivity index (χ4v) is 4.28. The van der Waals surface area contributed by atoms with Crippen molar-refractivity contribution in [1.82, 2.24) is 14.8 Å². The van der Waals surface area contributed by atoms with E-state index >= 15 is 0 Å². The van der Waals surface area contributed by atoms with E-state index in [0.717, 1.165) is 16.3 Å². The van der Waals surface area contributed by atoms with Crippen molar-refractivity contribution in [2.75, 3.05) is 24.3 Å². The Balaban J connectivity index is 1.72. The molecule has 2 heterocycles. The molecular weight excluding hydrogens is 420 g/mol. The molecule has 0 fully saturated rings. The van der Waals surface area contributed by atoms with Crippen molar-refractivity contribution >= 4 is 46.3 Å². The summed E-state index contributed by atoms with van der Waals surface area (Å²) in [5.74, 6) is 0.129. The fraction of sp³-hybridized carbons (Fsp3) is 0.300. The van der Waals surface area contributed by atoms with E-state index in [9.17, 15) is 9.59 Å². The Morgan fingerprint density at radius 3 is 2.57 bits per heavy atom. The van der Waals surface area contributed by atoms with Crippen molar-refractivity contribution in [3.63, 3.8) is 0 Å². The highest BCUT2D eigenvalue weighted by molar-refractivity contribution is 8.00. The molecule has 10 heteroatoms. The zero-order chi connectivity index (χ0) is 21.7. The molecule has 0 aliphatic rings. The van der Waals surface area contributed by atoms with E-state index in [2.05, 4.69) is 15.5 Å². The van der Waals surface area contributed by atoms with E-state index in [0.29, 0.717) is 17.5 Å². The lowest BCUT2D eigenvalue weighted by molar-refractivity contribution is -0.118. The topological polar surface area (TPSA) is 106 Å². The monoisotopic (exact) mass is 444 g/mol. The number of nitrogens with two attached hydrogens (primary N) is 1. The van der Waals surface area contributed by atoms with Crippen LogP contribution in [0.4, 0.5) is 11.4 Å². The molecule has 3 aromatic rings. The Hall–Kier alpha value is -2.85. The summed E-state index contributed by atoms with van der Waals surface area (Å²) >= 11 is 2.83. The lowest BCUT2D eigenvalue weighted by Gasteiger charge is -2.15. The number of hydrogen-bond acceptors (Lipinski definition) is 7. The maximum atomic E-state index is 12.7. The summed E-state index contributed by atoms with van der Waals surface area (Å²) in [6.07, 6.45) is 0.169. The standard InChI is InChI=1S/C20H24N6O2S2/c1-13(19(28)22-14-6-8-15(9-7-14)25(2)3)30-20-24-23-18(16-5-4-12-29-16)26(20)11-10-17(21)27/h4-9,12-13H,10-11H2,1-3H3,(H2,21,27)(H,22,28). The van der Waals surface area contributed by atoms with E-state index in [-0.39, 0.29) is 12.3 Å². The summed E-state index contributed by atoms with van der Waals surface area (Å²) < 4.78 is 1.84. The number of anilines is 2. The van der Waals surface area contributed by atoms with Gasteiger partial charge in [0.15, 0.2) is 11.0 Å². The Labute approximate surface area is 183 Å². The first-order valence-electron chi connectivity index (χ1n) is 9.35. The number of carbonyl (C=O) groups is 2. The predicted octanol–water partition coefficient (Wildman–Crippen LogP) is 3.07. The van der Waals surface area contributed by atoms with Crippen molar-refractivity contribution in [1.29, 1.82) is 0 Å². The lowest BCUT2D eigenvalue weighted by Crippen LogP contribution is -2.23. The normalized spacial score (nSPS) is 11.8. The first-order valence-corrected chi connectivity index (χ1v) is 11.1. The van der Waals surface area contributed by atoms with Gasteiger partial charge < -0.3 is 20.5 Å². The van der Waals surface area contributed by atoms with Gasteiger partial charge >= 0.3 is 0 Å². The number of thiophene rings is 1. The first kappa shape index (κ1) is 21.8. The maximum Gasteiger partial charge on any atom is 0.237 e. The Kier molecular flexibility index (Phi) is 7.11. The Morgan fingerprint density at radius 1 is 1.23 bits per heavy atom. The van der Waals surface area contributed by atoms with Crippen LogP contribution in [0.5, 0.6) is 0 Å². The Bertz CT molecular complexity index is 999. The first-order chi connectivity index (χ1) is 14.3. The number of hydrogen-bond donors (Lipinski definition) is 2. The average Bonchev–Trinajstić information content (AvgIpc) is 3.36. The number of rotatable bonds is 9. The number of nitrogens with zero attached hydrogens (tertiary/aromatic N) is 4. The fourth-order valence-electron chi connectivity index (χ4n) is 2.69. The number of aromatic nitrogens is 3. The van der Waals surface area contributed by atoms with Crippen molar-refractivity contribution < 1.29 is 9.59 Å². The van der Waals surface area contributed by atoms with Crippen molar-refractivity contribution in [3.8, 4) is 10.7 Å². The van der Waals surface area contributed by atoms with Gasteiger partial charge in [-0.25, -0.2) is 0 Å². The van der Waals surface area contributed by atoms with Crippen LogP contribution in [0.2, 0.25) is 0 Å². The van der Waals surface area contributed by atoms with Gasteiger partial charge in [-0.15, -0.1) is 21.5 Å². The molecule has 2 aromatic heterocycles. The number of primary amides is 1. The molecule has 1 atom stereocenters. The molecule has 8 nitrogen and oxygen atoms in total. The number of benzene rings is 1. The van der Waals surface area contributed by atoms with Gasteiger partial charge in [0.2, 0.25) is 11.8 Å². The van der Waals surface area contributed by atoms with Crippen LogP contribution in [0.1, 0.15) is 13.3 Å². The van der Waals surface area contributed by atoms with Gasteiger partial charge in [-0.3, -0.25) is 9.59 Å². The smallest absolute Gasteiger partial charge is 0.237 e. The summed E-state index contributed by atoms with van der Waals surface area (Å²) in [4.78, 5) is 26.9. The molecule has 0 bridgehead atoms. The quantitative estimate of drug-likeness (QED) is 0.491. The summed E-state index contributed by atoms with van der Waals surface area (Å²) in [6.45, 7) is 2.17. The average molecular weight is 445 g/mol. The SMILES string of the molecule is CC(Sc1nnc(-c2cccs2)n1CCC(N)=O)C(=O)Nc1ccc(N(C)C)cc1. The van der Waals surface area contributed by atoms with Gasteiger partial charge in [0.1, 0.15) is 0 Å². The van der Waals surface area contributed by atoms with Crippen molar-refractivity contribution in [2.24, 2.45) is 5.73 Å². The minimum Gasteiger partial charge on any atom is -0.378 e. The zero-order valence-corrected chi connectivity index (χ0v) is 18.7. The second kappa shape index (κ2) is 9.77. The summed E-state index contributed by atoms with van der Waals surface area (Å²) in [5, 5.41) is 13.6. The third-order valence-corrected chi connectivity index (χ3v) is 6.29. The van der Waals surface area contributed by atoms with Crippen molar-refractivity contribution in [3.05, 3.63) is 41.8 Å². The highest BCUT2D eigenvalue weighted by atomic mass is 32.2. The molecule has 158 valence electrons. The van der Waals surface area contributed by atoms with Crippen LogP contribution in [0.15, 0.2) is 46.9 Å². The van der Waals surface area contributed by atoms with E-state index in [4.69, 9.17) is 5.73 Å². The highest BCUT2D eigenvalue weighted by Crippen LogP contribution is 2.30. The summed E-state index contributed by atoms with van der Waals surface area (Å²) in [5.41, 5.74) is 7.11. The van der Waals surface area contributed by atoms with Gasteiger partial charge in [-0.1, -0.05) is 17.8 Å². The molecule has 0 saturated carbocycles. The molecule has 3 N–H and O–H groups in total. The van der Waals surface area contributed by atoms with Gasteiger partial charge in [0.25, 0.3) is 0 Å². The second-order valence-corrected chi connectivity index (χ2v) is 9.10. The maximum absolute atomic E-state index is 12.7. The van der Waals surface area contributed by atoms with E-state index < -0.39 is 11.2 Å². The molecular formula is C20H24N6O2S2. The van der Waals surface area contributed by atoms with Crippen molar-refractivity contribution in [2.45, 2.75) is 30.3 Å². The van der Waals surface area contributed by atoms with Gasteiger partial charge in [0, 0.05) is 38.4 Å². The molecule has 0 aliphatic carbocycles. The molecule has 3 rings (SSSR count). The molecule has 1 aromatic carbocycles. The Morgan fingerprint density at radius 2 is 1.97 bits per heavy atom. The highest BCUT2D eigenvalue weighted by Gasteiger charge is 2.21. The number of carbonyl (C=O) groups excluding carboxylic acids is 2. The molecule has 0 radical (unpaired) electrons. The van der Waals surface area contributed by atoms with Crippen LogP contribution in [0.3, 0.4) is 0 Å². The number of nitrogens with one attached hydrogen (secondary N) is 1. The third kappa shape index (κ3) is 5.39. The van der Waals surface area contributed by atoms with Crippen LogP contribution >= 0.6 is 23.1 Å². The van der Waals surface area contributed by atoms with Gasteiger partial charge in [0.05, 0.1) is 10.1 Å². The third-order valence-electron chi connectivity index (χ3n) is 4.34. The zero-order valence-electron chi connectivity index (χ0n) is 17.0. The van der Waals surface area contributed by atoms with Crippen LogP contribution in [-0.4, -0.2) is 45.9 Å². The van der Waals surface area contributed by atoms with E-state index in [1.807, 2.05) is 72.3 Å². The number of thioether (sulfide) groups is 1. The van der Waals surface area contributed by atoms with E-state index in [1.165, 1.54) is 23.1 Å². The molecule has 0 saturated heterocycles. The minimum atomic E-state index is -0.411. The molecule has 0 aliphatic heterocycles. The molecule has 2 amide bonds. The van der Waals surface area contributed by atoms with Crippen LogP contribution < -0.4 is 16.0 Å². The van der Waals surface area contributed by atoms with Gasteiger partial charge in [-0.2, -0.15) is 0 Å². The van der Waals surface area contributed by atoms with Crippen LogP contribution in [0.25, 0.3) is 10.7 Å². The van der Waals surface area contributed by atoms with Gasteiger partial charge in [-0.05, 0) is 42.6 Å². The predicted molar refractivity (Wildman–Crippen MR) is 122 cm³/mol. The summed E-state index contributed by atoms with van der Waals surface area (Å²) in [6, 6.07) is 11.5. The molecule has 30 heavy (non-hydrogen) atoms. The summed E-state index contributed by atoms with van der Waals surface area (Å²) in [7, 11) is 3.93. The molecule has 0 spiro atoms. The number of amides is 2.